The Morgan fingerprint density at radius 1 is 1.36 bits per heavy atom. The molecule has 0 fully saturated rings. The summed E-state index contributed by atoms with van der Waals surface area (Å²) in [4.78, 5) is 3.21. The minimum absolute atomic E-state index is 0.0780. The molecule has 2 aromatic rings. The van der Waals surface area contributed by atoms with E-state index in [2.05, 4.69) is 22.9 Å². The van der Waals surface area contributed by atoms with Crippen molar-refractivity contribution in [3.8, 4) is 0 Å². The van der Waals surface area contributed by atoms with Crippen molar-refractivity contribution in [3.63, 3.8) is 0 Å². The zero-order valence-corrected chi connectivity index (χ0v) is 8.03. The number of aliphatic hydroxyl groups is 1. The summed E-state index contributed by atoms with van der Waals surface area (Å²) in [7, 11) is 0. The highest BCUT2D eigenvalue weighted by Crippen LogP contribution is 2.18. The SMILES string of the molecule is [NH3+]C(CO)Cc1c[nH]c2ccccc12. The number of hydrogen-bond donors (Lipinski definition) is 3. The quantitative estimate of drug-likeness (QED) is 0.642. The van der Waals surface area contributed by atoms with Gasteiger partial charge in [0.15, 0.2) is 0 Å². The Morgan fingerprint density at radius 2 is 2.14 bits per heavy atom. The monoisotopic (exact) mass is 191 g/mol. The molecule has 1 aromatic carbocycles. The molecule has 0 amide bonds. The van der Waals surface area contributed by atoms with Crippen molar-refractivity contribution in [1.82, 2.24) is 4.98 Å². The summed E-state index contributed by atoms with van der Waals surface area (Å²) in [5, 5.41) is 10.2. The molecular formula is C11H15N2O+. The predicted molar refractivity (Wildman–Crippen MR) is 55.8 cm³/mol. The average molecular weight is 191 g/mol. The molecule has 2 rings (SSSR count). The fourth-order valence-corrected chi connectivity index (χ4v) is 1.68. The van der Waals surface area contributed by atoms with Crippen molar-refractivity contribution in [2.24, 2.45) is 0 Å². The van der Waals surface area contributed by atoms with E-state index in [1.165, 1.54) is 10.9 Å². The summed E-state index contributed by atoms with van der Waals surface area (Å²) in [6, 6.07) is 8.25. The minimum atomic E-state index is 0.0780. The van der Waals surface area contributed by atoms with Gasteiger partial charge in [0.05, 0.1) is 6.61 Å². The van der Waals surface area contributed by atoms with Gasteiger partial charge in [-0.2, -0.15) is 0 Å². The molecule has 14 heavy (non-hydrogen) atoms. The van der Waals surface area contributed by atoms with Crippen LogP contribution in [0.2, 0.25) is 0 Å². The summed E-state index contributed by atoms with van der Waals surface area (Å²) in [6.45, 7) is 0.138. The van der Waals surface area contributed by atoms with E-state index in [4.69, 9.17) is 5.11 Å². The van der Waals surface area contributed by atoms with Crippen LogP contribution in [-0.4, -0.2) is 22.7 Å². The van der Waals surface area contributed by atoms with E-state index in [1.54, 1.807) is 0 Å². The zero-order chi connectivity index (χ0) is 9.97. The van der Waals surface area contributed by atoms with Gasteiger partial charge in [0.25, 0.3) is 0 Å². The Bertz CT molecular complexity index is 422. The molecule has 5 N–H and O–H groups in total. The summed E-state index contributed by atoms with van der Waals surface area (Å²) in [5.41, 5.74) is 6.25. The normalized spacial score (nSPS) is 13.3. The van der Waals surface area contributed by atoms with Gasteiger partial charge in [-0.15, -0.1) is 0 Å². The second kappa shape index (κ2) is 3.82. The molecule has 74 valence electrons. The van der Waals surface area contributed by atoms with E-state index in [1.807, 2.05) is 18.3 Å². The van der Waals surface area contributed by atoms with Gasteiger partial charge in [-0.1, -0.05) is 18.2 Å². The molecule has 0 radical (unpaired) electrons. The highest BCUT2D eigenvalue weighted by molar-refractivity contribution is 5.83. The average Bonchev–Trinajstić information content (AvgIpc) is 2.62. The van der Waals surface area contributed by atoms with E-state index in [9.17, 15) is 0 Å². The van der Waals surface area contributed by atoms with Gasteiger partial charge in [0, 0.05) is 23.5 Å². The molecule has 0 aliphatic heterocycles. The molecule has 1 atom stereocenters. The van der Waals surface area contributed by atoms with Crippen LogP contribution in [0.1, 0.15) is 5.56 Å². The van der Waals surface area contributed by atoms with E-state index in [-0.39, 0.29) is 12.6 Å². The first kappa shape index (κ1) is 9.24. The largest absolute Gasteiger partial charge is 0.390 e. The Morgan fingerprint density at radius 3 is 2.93 bits per heavy atom. The number of para-hydroxylation sites is 1. The second-order valence-corrected chi connectivity index (χ2v) is 3.61. The van der Waals surface area contributed by atoms with Crippen molar-refractivity contribution < 1.29 is 10.8 Å². The molecule has 0 spiro atoms. The van der Waals surface area contributed by atoms with Gasteiger partial charge in [-0.25, -0.2) is 0 Å². The third-order valence-corrected chi connectivity index (χ3v) is 2.44. The Labute approximate surface area is 82.6 Å². The first-order chi connectivity index (χ1) is 6.81. The van der Waals surface area contributed by atoms with Gasteiger partial charge in [0.2, 0.25) is 0 Å². The molecule has 1 heterocycles. The van der Waals surface area contributed by atoms with Gasteiger partial charge in [0.1, 0.15) is 6.04 Å². The van der Waals surface area contributed by atoms with Gasteiger partial charge in [-0.3, -0.25) is 0 Å². The van der Waals surface area contributed by atoms with Crippen LogP contribution in [-0.2, 0) is 6.42 Å². The number of fused-ring (bicyclic) bond motifs is 1. The maximum atomic E-state index is 8.93. The number of hydrogen-bond acceptors (Lipinski definition) is 1. The molecule has 0 aliphatic carbocycles. The fourth-order valence-electron chi connectivity index (χ4n) is 1.68. The standard InChI is InChI=1S/C11H14N2O/c12-9(7-14)5-8-6-13-11-4-2-1-3-10(8)11/h1-4,6,9,13-14H,5,7,12H2/p+1. The lowest BCUT2D eigenvalue weighted by atomic mass is 10.1. The maximum absolute atomic E-state index is 8.93. The second-order valence-electron chi connectivity index (χ2n) is 3.61. The number of rotatable bonds is 3. The summed E-state index contributed by atoms with van der Waals surface area (Å²) < 4.78 is 0. The predicted octanol–water partition coefficient (Wildman–Crippen LogP) is 0.313. The van der Waals surface area contributed by atoms with Crippen LogP contribution >= 0.6 is 0 Å². The van der Waals surface area contributed by atoms with Crippen LogP contribution in [0.5, 0.6) is 0 Å². The highest BCUT2D eigenvalue weighted by Gasteiger charge is 2.09. The third kappa shape index (κ3) is 1.64. The van der Waals surface area contributed by atoms with Crippen molar-refractivity contribution in [2.45, 2.75) is 12.5 Å². The van der Waals surface area contributed by atoms with Gasteiger partial charge in [-0.05, 0) is 11.6 Å². The molecule has 3 nitrogen and oxygen atoms in total. The molecule has 3 heteroatoms. The van der Waals surface area contributed by atoms with Crippen molar-refractivity contribution in [3.05, 3.63) is 36.0 Å². The number of aliphatic hydroxyl groups excluding tert-OH is 1. The van der Waals surface area contributed by atoms with E-state index in [0.717, 1.165) is 11.9 Å². The lowest BCUT2D eigenvalue weighted by Gasteiger charge is -2.02. The molecule has 0 bridgehead atoms. The molecule has 0 saturated carbocycles. The number of aromatic amines is 1. The smallest absolute Gasteiger partial charge is 0.112 e. The van der Waals surface area contributed by atoms with Crippen LogP contribution in [0.4, 0.5) is 0 Å². The van der Waals surface area contributed by atoms with E-state index >= 15 is 0 Å². The first-order valence-corrected chi connectivity index (χ1v) is 4.80. The number of nitrogens with one attached hydrogen (secondary N) is 1. The van der Waals surface area contributed by atoms with Crippen LogP contribution in [0.15, 0.2) is 30.5 Å². The maximum Gasteiger partial charge on any atom is 0.112 e. The van der Waals surface area contributed by atoms with Gasteiger partial charge < -0.3 is 15.8 Å². The minimum Gasteiger partial charge on any atom is -0.390 e. The molecule has 0 saturated heterocycles. The van der Waals surface area contributed by atoms with Crippen LogP contribution in [0.25, 0.3) is 10.9 Å². The highest BCUT2D eigenvalue weighted by atomic mass is 16.3. The summed E-state index contributed by atoms with van der Waals surface area (Å²) in [6.07, 6.45) is 2.82. The molecular weight excluding hydrogens is 176 g/mol. The lowest BCUT2D eigenvalue weighted by molar-refractivity contribution is -0.424. The lowest BCUT2D eigenvalue weighted by Crippen LogP contribution is -2.63. The van der Waals surface area contributed by atoms with E-state index in [0.29, 0.717) is 0 Å². The Balaban J connectivity index is 2.33. The topological polar surface area (TPSA) is 63.7 Å². The number of aromatic nitrogens is 1. The molecule has 0 aliphatic rings. The molecule has 1 aromatic heterocycles. The van der Waals surface area contributed by atoms with Crippen LogP contribution in [0, 0.1) is 0 Å². The van der Waals surface area contributed by atoms with Crippen molar-refractivity contribution >= 4 is 10.9 Å². The van der Waals surface area contributed by atoms with E-state index < -0.39 is 0 Å². The summed E-state index contributed by atoms with van der Waals surface area (Å²) >= 11 is 0. The number of benzene rings is 1. The first-order valence-electron chi connectivity index (χ1n) is 4.80. The third-order valence-electron chi connectivity index (χ3n) is 2.44. The van der Waals surface area contributed by atoms with Crippen LogP contribution in [0.3, 0.4) is 0 Å². The van der Waals surface area contributed by atoms with Crippen LogP contribution < -0.4 is 5.73 Å². The Kier molecular flexibility index (Phi) is 2.52. The summed E-state index contributed by atoms with van der Waals surface area (Å²) in [5.74, 6) is 0. The Hall–Kier alpha value is -1.32. The van der Waals surface area contributed by atoms with Crippen molar-refractivity contribution in [1.29, 1.82) is 0 Å². The van der Waals surface area contributed by atoms with Gasteiger partial charge >= 0.3 is 0 Å². The molecule has 1 unspecified atom stereocenters. The fraction of sp³-hybridized carbons (Fsp3) is 0.273. The number of H-pyrrole nitrogens is 1. The van der Waals surface area contributed by atoms with Crippen molar-refractivity contribution in [2.75, 3.05) is 6.61 Å². The number of quaternary nitrogens is 1. The zero-order valence-electron chi connectivity index (χ0n) is 8.03.